The first-order chi connectivity index (χ1) is 9.25. The maximum Gasteiger partial charge on any atom is 0.345 e. The Morgan fingerprint density at radius 1 is 1.26 bits per heavy atom. The maximum atomic E-state index is 11.2. The molecule has 0 atom stereocenters. The fourth-order valence-electron chi connectivity index (χ4n) is 1.71. The highest BCUT2D eigenvalue weighted by Crippen LogP contribution is 2.26. The Balaban J connectivity index is 0.000000637. The van der Waals surface area contributed by atoms with Gasteiger partial charge in [-0.15, -0.1) is 0 Å². The second-order valence-corrected chi connectivity index (χ2v) is 3.83. The van der Waals surface area contributed by atoms with Gasteiger partial charge in [0.15, 0.2) is 5.15 Å². The van der Waals surface area contributed by atoms with Gasteiger partial charge in [-0.05, 0) is 18.2 Å². The Hall–Kier alpha value is -2.14. The number of fused-ring (bicyclic) bond motifs is 1. The molecule has 6 heteroatoms. The van der Waals surface area contributed by atoms with Crippen LogP contribution in [0.1, 0.15) is 13.8 Å². The predicted octanol–water partition coefficient (Wildman–Crippen LogP) is 2.76. The number of rotatable bonds is 1. The van der Waals surface area contributed by atoms with Crippen LogP contribution in [0.5, 0.6) is 0 Å². The van der Waals surface area contributed by atoms with E-state index in [0.717, 1.165) is 5.65 Å². The third-order valence-electron chi connectivity index (χ3n) is 2.42. The summed E-state index contributed by atoms with van der Waals surface area (Å²) in [6.45, 7) is 4.00. The van der Waals surface area contributed by atoms with Crippen molar-refractivity contribution in [3.05, 3.63) is 52.3 Å². The molecular formula is C13H13ClN4O. The molecule has 0 saturated carbocycles. The van der Waals surface area contributed by atoms with Crippen LogP contribution in [0.3, 0.4) is 0 Å². The summed E-state index contributed by atoms with van der Waals surface area (Å²) in [5, 5.41) is 0.345. The zero-order valence-corrected chi connectivity index (χ0v) is 11.3. The minimum Gasteiger partial charge on any atom is -0.304 e. The lowest BCUT2D eigenvalue weighted by atomic mass is 10.3. The molecule has 0 saturated heterocycles. The Labute approximate surface area is 114 Å². The van der Waals surface area contributed by atoms with Gasteiger partial charge in [-0.2, -0.15) is 0 Å². The molecule has 0 fully saturated rings. The monoisotopic (exact) mass is 276 g/mol. The van der Waals surface area contributed by atoms with Crippen molar-refractivity contribution in [2.45, 2.75) is 13.8 Å². The van der Waals surface area contributed by atoms with Crippen molar-refractivity contribution in [1.82, 2.24) is 19.4 Å². The largest absolute Gasteiger partial charge is 0.345 e. The molecular weight excluding hydrogens is 264 g/mol. The summed E-state index contributed by atoms with van der Waals surface area (Å²) in [5.41, 5.74) is 1.56. The van der Waals surface area contributed by atoms with Gasteiger partial charge in [-0.25, -0.2) is 14.8 Å². The third kappa shape index (κ3) is 2.51. The average molecular weight is 277 g/mol. The number of aromatic nitrogens is 4. The number of H-pyrrole nitrogens is 1. The summed E-state index contributed by atoms with van der Waals surface area (Å²) in [7, 11) is 0. The molecule has 0 aliphatic rings. The second kappa shape index (κ2) is 5.67. The summed E-state index contributed by atoms with van der Waals surface area (Å²) in [6.07, 6.45) is 3.27. The normalized spacial score (nSPS) is 10.1. The minimum atomic E-state index is -0.413. The molecule has 5 nitrogen and oxygen atoms in total. The summed E-state index contributed by atoms with van der Waals surface area (Å²) in [4.78, 5) is 21.6. The van der Waals surface area contributed by atoms with Crippen LogP contribution in [-0.2, 0) is 0 Å². The van der Waals surface area contributed by atoms with Gasteiger partial charge in [-0.1, -0.05) is 31.5 Å². The van der Waals surface area contributed by atoms with E-state index < -0.39 is 5.69 Å². The van der Waals surface area contributed by atoms with E-state index >= 15 is 0 Å². The molecule has 1 N–H and O–H groups in total. The molecule has 0 radical (unpaired) electrons. The van der Waals surface area contributed by atoms with Crippen molar-refractivity contribution >= 4 is 17.2 Å². The van der Waals surface area contributed by atoms with Gasteiger partial charge in [0, 0.05) is 12.4 Å². The zero-order valence-electron chi connectivity index (χ0n) is 10.6. The van der Waals surface area contributed by atoms with Gasteiger partial charge < -0.3 is 4.98 Å². The Kier molecular flexibility index (Phi) is 3.97. The molecule has 0 aromatic carbocycles. The molecule has 0 bridgehead atoms. The number of imidazole rings is 1. The standard InChI is InChI=1S/C11H7ClN4O.C2H6/c12-10-9(7-4-5-13-11(17)14-7)16-6-2-1-3-8(16)15-10;1-2/h1-6H,(H,13,14,17);1-2H3. The van der Waals surface area contributed by atoms with E-state index in [1.165, 1.54) is 6.20 Å². The maximum absolute atomic E-state index is 11.2. The Morgan fingerprint density at radius 2 is 2.05 bits per heavy atom. The molecule has 3 rings (SSSR count). The predicted molar refractivity (Wildman–Crippen MR) is 75.4 cm³/mol. The highest BCUT2D eigenvalue weighted by molar-refractivity contribution is 6.32. The van der Waals surface area contributed by atoms with Crippen LogP contribution in [0.25, 0.3) is 17.0 Å². The smallest absolute Gasteiger partial charge is 0.304 e. The number of hydrogen-bond donors (Lipinski definition) is 1. The summed E-state index contributed by atoms with van der Waals surface area (Å²) < 4.78 is 1.81. The summed E-state index contributed by atoms with van der Waals surface area (Å²) >= 11 is 6.08. The molecule has 0 unspecified atom stereocenters. The van der Waals surface area contributed by atoms with Gasteiger partial charge in [-0.3, -0.25) is 4.40 Å². The zero-order chi connectivity index (χ0) is 13.8. The third-order valence-corrected chi connectivity index (χ3v) is 2.68. The molecule has 0 aliphatic heterocycles. The Bertz CT molecular complexity index is 747. The minimum absolute atomic E-state index is 0.345. The van der Waals surface area contributed by atoms with Gasteiger partial charge in [0.25, 0.3) is 0 Å². The van der Waals surface area contributed by atoms with E-state index in [0.29, 0.717) is 16.5 Å². The molecule has 0 aliphatic carbocycles. The van der Waals surface area contributed by atoms with E-state index in [1.54, 1.807) is 6.07 Å². The van der Waals surface area contributed by atoms with Crippen LogP contribution in [0.15, 0.2) is 41.5 Å². The topological polar surface area (TPSA) is 63.1 Å². The van der Waals surface area contributed by atoms with Gasteiger partial charge >= 0.3 is 5.69 Å². The summed E-state index contributed by atoms with van der Waals surface area (Å²) in [6, 6.07) is 7.27. The van der Waals surface area contributed by atoms with Crippen LogP contribution in [0.4, 0.5) is 0 Å². The Morgan fingerprint density at radius 3 is 2.79 bits per heavy atom. The summed E-state index contributed by atoms with van der Waals surface area (Å²) in [5.74, 6) is 0. The fraction of sp³-hybridized carbons (Fsp3) is 0.154. The van der Waals surface area contributed by atoms with Crippen molar-refractivity contribution < 1.29 is 0 Å². The van der Waals surface area contributed by atoms with E-state index in [2.05, 4.69) is 15.0 Å². The number of aromatic amines is 1. The van der Waals surface area contributed by atoms with Crippen LogP contribution in [0.2, 0.25) is 5.15 Å². The van der Waals surface area contributed by atoms with Crippen molar-refractivity contribution in [1.29, 1.82) is 0 Å². The first kappa shape index (κ1) is 13.3. The molecule has 3 aromatic rings. The highest BCUT2D eigenvalue weighted by Gasteiger charge is 2.12. The first-order valence-corrected chi connectivity index (χ1v) is 6.32. The van der Waals surface area contributed by atoms with Crippen LogP contribution in [0, 0.1) is 0 Å². The highest BCUT2D eigenvalue weighted by atomic mass is 35.5. The first-order valence-electron chi connectivity index (χ1n) is 5.94. The molecule has 19 heavy (non-hydrogen) atoms. The van der Waals surface area contributed by atoms with E-state index in [-0.39, 0.29) is 0 Å². The number of hydrogen-bond acceptors (Lipinski definition) is 3. The SMILES string of the molecule is CC.O=c1nccc(-c2c(Cl)nc3ccccn23)[nH]1. The van der Waals surface area contributed by atoms with Crippen molar-refractivity contribution in [2.75, 3.05) is 0 Å². The van der Waals surface area contributed by atoms with Gasteiger partial charge in [0.05, 0.1) is 5.69 Å². The van der Waals surface area contributed by atoms with E-state index in [1.807, 2.05) is 42.6 Å². The molecule has 3 aromatic heterocycles. The quantitative estimate of drug-likeness (QED) is 0.743. The lowest BCUT2D eigenvalue weighted by Crippen LogP contribution is -2.09. The molecule has 3 heterocycles. The second-order valence-electron chi connectivity index (χ2n) is 3.47. The van der Waals surface area contributed by atoms with Gasteiger partial charge in [0.2, 0.25) is 0 Å². The van der Waals surface area contributed by atoms with Crippen LogP contribution in [-0.4, -0.2) is 19.4 Å². The number of halogens is 1. The van der Waals surface area contributed by atoms with Crippen molar-refractivity contribution in [2.24, 2.45) is 0 Å². The number of pyridine rings is 1. The average Bonchev–Trinajstić information content (AvgIpc) is 2.77. The van der Waals surface area contributed by atoms with Crippen molar-refractivity contribution in [3.8, 4) is 11.4 Å². The van der Waals surface area contributed by atoms with E-state index in [4.69, 9.17) is 11.6 Å². The number of nitrogens with one attached hydrogen (secondary N) is 1. The van der Waals surface area contributed by atoms with Gasteiger partial charge in [0.1, 0.15) is 11.3 Å². The molecule has 0 spiro atoms. The fourth-order valence-corrected chi connectivity index (χ4v) is 1.99. The van der Waals surface area contributed by atoms with Crippen LogP contribution >= 0.6 is 11.6 Å². The van der Waals surface area contributed by atoms with Crippen molar-refractivity contribution in [3.63, 3.8) is 0 Å². The lowest BCUT2D eigenvalue weighted by Gasteiger charge is -2.01. The molecule has 0 amide bonds. The van der Waals surface area contributed by atoms with Crippen LogP contribution < -0.4 is 5.69 Å². The number of nitrogens with zero attached hydrogens (tertiary/aromatic N) is 3. The lowest BCUT2D eigenvalue weighted by molar-refractivity contribution is 1.06. The van der Waals surface area contributed by atoms with E-state index in [9.17, 15) is 4.79 Å². The molecule has 98 valence electrons.